The van der Waals surface area contributed by atoms with E-state index in [1.54, 1.807) is 0 Å². The highest BCUT2D eigenvalue weighted by Crippen LogP contribution is 1.98. The number of hydrogen-bond donors (Lipinski definition) is 2. The molecule has 7 heteroatoms. The minimum absolute atomic E-state index is 0.0715. The summed E-state index contributed by atoms with van der Waals surface area (Å²) in [4.78, 5) is 24.4. The standard InChI is InChI=1S/C8H11BrN2O4/c1-15-4-5(12)2-11-3-6(9)7(13)10-8(11)14/h3,5,12H,2,4H2,1H3,(H,10,13,14). The van der Waals surface area contributed by atoms with Crippen LogP contribution in [0.1, 0.15) is 0 Å². The Hall–Kier alpha value is -0.920. The summed E-state index contributed by atoms with van der Waals surface area (Å²) in [6.45, 7) is 0.200. The van der Waals surface area contributed by atoms with Gasteiger partial charge in [-0.3, -0.25) is 14.3 Å². The Morgan fingerprint density at radius 2 is 2.33 bits per heavy atom. The number of aromatic nitrogens is 2. The van der Waals surface area contributed by atoms with Crippen LogP contribution in [0.25, 0.3) is 0 Å². The maximum absolute atomic E-state index is 11.3. The van der Waals surface area contributed by atoms with Crippen LogP contribution in [0.5, 0.6) is 0 Å². The lowest BCUT2D eigenvalue weighted by molar-refractivity contribution is 0.0527. The summed E-state index contributed by atoms with van der Waals surface area (Å²) in [5, 5.41) is 9.40. The summed E-state index contributed by atoms with van der Waals surface area (Å²) in [5.41, 5.74) is -1.05. The first kappa shape index (κ1) is 12.2. The Kier molecular flexibility index (Phi) is 4.25. The highest BCUT2D eigenvalue weighted by molar-refractivity contribution is 9.10. The quantitative estimate of drug-likeness (QED) is 0.763. The smallest absolute Gasteiger partial charge is 0.328 e. The molecule has 1 atom stereocenters. The normalized spacial score (nSPS) is 12.7. The Labute approximate surface area is 93.6 Å². The monoisotopic (exact) mass is 278 g/mol. The molecule has 1 unspecified atom stereocenters. The number of aliphatic hydroxyl groups is 1. The molecule has 0 saturated heterocycles. The van der Waals surface area contributed by atoms with Crippen LogP contribution in [0.15, 0.2) is 20.3 Å². The molecule has 0 aromatic carbocycles. The van der Waals surface area contributed by atoms with Gasteiger partial charge in [-0.05, 0) is 15.9 Å². The van der Waals surface area contributed by atoms with Crippen LogP contribution in [-0.4, -0.2) is 34.5 Å². The van der Waals surface area contributed by atoms with Gasteiger partial charge in [0.2, 0.25) is 0 Å². The topological polar surface area (TPSA) is 84.3 Å². The second-order valence-electron chi connectivity index (χ2n) is 3.00. The van der Waals surface area contributed by atoms with E-state index in [1.807, 2.05) is 0 Å². The van der Waals surface area contributed by atoms with Crippen molar-refractivity contribution in [1.82, 2.24) is 9.55 Å². The molecule has 0 aliphatic heterocycles. The van der Waals surface area contributed by atoms with Crippen LogP contribution < -0.4 is 11.2 Å². The number of H-pyrrole nitrogens is 1. The molecule has 1 rings (SSSR count). The number of nitrogens with one attached hydrogen (secondary N) is 1. The summed E-state index contributed by atoms with van der Waals surface area (Å²) in [6, 6.07) is 0. The molecule has 0 amide bonds. The van der Waals surface area contributed by atoms with Gasteiger partial charge in [-0.15, -0.1) is 0 Å². The van der Waals surface area contributed by atoms with Crippen molar-refractivity contribution in [2.45, 2.75) is 12.6 Å². The average molecular weight is 279 g/mol. The second kappa shape index (κ2) is 5.24. The summed E-state index contributed by atoms with van der Waals surface area (Å²) >= 11 is 2.99. The van der Waals surface area contributed by atoms with Crippen molar-refractivity contribution in [3.63, 3.8) is 0 Å². The Balaban J connectivity index is 2.91. The fourth-order valence-electron chi connectivity index (χ4n) is 1.09. The number of rotatable bonds is 4. The fraction of sp³-hybridized carbons (Fsp3) is 0.500. The number of aliphatic hydroxyl groups excluding tert-OH is 1. The molecule has 0 aliphatic carbocycles. The zero-order valence-electron chi connectivity index (χ0n) is 8.07. The van der Waals surface area contributed by atoms with Crippen molar-refractivity contribution >= 4 is 15.9 Å². The van der Waals surface area contributed by atoms with Gasteiger partial charge in [-0.2, -0.15) is 0 Å². The van der Waals surface area contributed by atoms with E-state index in [-0.39, 0.29) is 17.6 Å². The molecule has 84 valence electrons. The van der Waals surface area contributed by atoms with E-state index in [9.17, 15) is 14.7 Å². The number of aromatic amines is 1. The lowest BCUT2D eigenvalue weighted by atomic mass is 10.4. The molecule has 1 aromatic rings. The van der Waals surface area contributed by atoms with Crippen molar-refractivity contribution in [3.05, 3.63) is 31.5 Å². The third-order valence-electron chi connectivity index (χ3n) is 1.73. The zero-order valence-corrected chi connectivity index (χ0v) is 9.65. The van der Waals surface area contributed by atoms with E-state index >= 15 is 0 Å². The van der Waals surface area contributed by atoms with Crippen LogP contribution in [0.4, 0.5) is 0 Å². The van der Waals surface area contributed by atoms with Gasteiger partial charge in [0.15, 0.2) is 0 Å². The highest BCUT2D eigenvalue weighted by Gasteiger charge is 2.07. The third-order valence-corrected chi connectivity index (χ3v) is 2.30. The molecule has 1 heterocycles. The van der Waals surface area contributed by atoms with Crippen LogP contribution in [0, 0.1) is 0 Å². The minimum atomic E-state index is -0.787. The van der Waals surface area contributed by atoms with Gasteiger partial charge >= 0.3 is 5.69 Å². The van der Waals surface area contributed by atoms with Crippen molar-refractivity contribution in [2.24, 2.45) is 0 Å². The van der Waals surface area contributed by atoms with Crippen LogP contribution in [0.3, 0.4) is 0 Å². The Morgan fingerprint density at radius 3 is 2.93 bits per heavy atom. The molecule has 0 bridgehead atoms. The lowest BCUT2D eigenvalue weighted by Crippen LogP contribution is -2.34. The Bertz CT molecular complexity index is 439. The SMILES string of the molecule is COCC(O)Cn1cc(Br)c(=O)[nH]c1=O. The first-order valence-electron chi connectivity index (χ1n) is 4.21. The summed E-state index contributed by atoms with van der Waals surface area (Å²) in [6.07, 6.45) is 0.547. The van der Waals surface area contributed by atoms with Gasteiger partial charge in [0, 0.05) is 13.3 Å². The summed E-state index contributed by atoms with van der Waals surface area (Å²) in [7, 11) is 1.45. The average Bonchev–Trinajstić information content (AvgIpc) is 2.14. The fourth-order valence-corrected chi connectivity index (χ4v) is 1.44. The zero-order chi connectivity index (χ0) is 11.4. The van der Waals surface area contributed by atoms with Crippen LogP contribution in [-0.2, 0) is 11.3 Å². The van der Waals surface area contributed by atoms with Gasteiger partial charge in [0.25, 0.3) is 5.56 Å². The van der Waals surface area contributed by atoms with Crippen molar-refractivity contribution in [1.29, 1.82) is 0 Å². The summed E-state index contributed by atoms with van der Waals surface area (Å²) < 4.78 is 6.17. The number of methoxy groups -OCH3 is 1. The molecular weight excluding hydrogens is 268 g/mol. The van der Waals surface area contributed by atoms with Gasteiger partial charge in [0.1, 0.15) is 0 Å². The van der Waals surface area contributed by atoms with E-state index in [0.29, 0.717) is 0 Å². The third kappa shape index (κ3) is 3.29. The predicted molar refractivity (Wildman–Crippen MR) is 56.9 cm³/mol. The highest BCUT2D eigenvalue weighted by atomic mass is 79.9. The van der Waals surface area contributed by atoms with Crippen molar-refractivity contribution < 1.29 is 9.84 Å². The van der Waals surface area contributed by atoms with Crippen molar-refractivity contribution in [3.8, 4) is 0 Å². The number of ether oxygens (including phenoxy) is 1. The van der Waals surface area contributed by atoms with Crippen LogP contribution >= 0.6 is 15.9 Å². The van der Waals surface area contributed by atoms with E-state index in [4.69, 9.17) is 4.74 Å². The molecule has 6 nitrogen and oxygen atoms in total. The number of hydrogen-bond acceptors (Lipinski definition) is 4. The minimum Gasteiger partial charge on any atom is -0.389 e. The molecule has 0 saturated carbocycles. The molecule has 1 aromatic heterocycles. The molecule has 0 aliphatic rings. The largest absolute Gasteiger partial charge is 0.389 e. The van der Waals surface area contributed by atoms with E-state index in [0.717, 1.165) is 0 Å². The van der Waals surface area contributed by atoms with E-state index in [2.05, 4.69) is 20.9 Å². The Morgan fingerprint density at radius 1 is 1.67 bits per heavy atom. The first-order valence-corrected chi connectivity index (χ1v) is 5.00. The molecular formula is C8H11BrN2O4. The van der Waals surface area contributed by atoms with E-state index in [1.165, 1.54) is 17.9 Å². The second-order valence-corrected chi connectivity index (χ2v) is 3.85. The maximum Gasteiger partial charge on any atom is 0.328 e. The number of nitrogens with zero attached hydrogens (tertiary/aromatic N) is 1. The van der Waals surface area contributed by atoms with Gasteiger partial charge < -0.3 is 9.84 Å². The first-order chi connectivity index (χ1) is 7.04. The summed E-state index contributed by atoms with van der Waals surface area (Å²) in [5.74, 6) is 0. The van der Waals surface area contributed by atoms with Gasteiger partial charge in [-0.25, -0.2) is 4.79 Å². The molecule has 0 radical (unpaired) electrons. The van der Waals surface area contributed by atoms with Crippen molar-refractivity contribution in [2.75, 3.05) is 13.7 Å². The number of halogens is 1. The molecule has 2 N–H and O–H groups in total. The lowest BCUT2D eigenvalue weighted by Gasteiger charge is -2.10. The molecule has 0 fully saturated rings. The van der Waals surface area contributed by atoms with Crippen LogP contribution in [0.2, 0.25) is 0 Å². The van der Waals surface area contributed by atoms with E-state index < -0.39 is 17.4 Å². The molecule has 0 spiro atoms. The maximum atomic E-state index is 11.3. The van der Waals surface area contributed by atoms with Gasteiger partial charge in [-0.1, -0.05) is 0 Å². The predicted octanol–water partition coefficient (Wildman–Crippen LogP) is -0.694. The molecule has 15 heavy (non-hydrogen) atoms. The van der Waals surface area contributed by atoms with Gasteiger partial charge in [0.05, 0.1) is 23.7 Å².